The van der Waals surface area contributed by atoms with Crippen molar-refractivity contribution in [3.63, 3.8) is 0 Å². The number of amides is 2. The number of aliphatic hydroxyl groups excluding tert-OH is 1. The molecule has 0 unspecified atom stereocenters. The molecule has 6 heteroatoms. The monoisotopic (exact) mass is 282 g/mol. The molecule has 0 spiro atoms. The summed E-state index contributed by atoms with van der Waals surface area (Å²) in [5, 5.41) is 13.7. The van der Waals surface area contributed by atoms with Crippen molar-refractivity contribution in [2.24, 2.45) is 0 Å². The molecule has 104 valence electrons. The highest BCUT2D eigenvalue weighted by atomic mass is 32.1. The molecule has 0 saturated carbocycles. The molecular formula is C13H18N2O3S. The summed E-state index contributed by atoms with van der Waals surface area (Å²) in [5.41, 5.74) is 0. The standard InChI is InChI=1S/C13H18N2O3S/c16-9-10-3-1-7-15(10)12(17)5-6-14-13(18)11-4-2-8-19-11/h2,4,8,10,16H,1,3,5-7,9H2,(H,14,18)/t10-/m1/s1. The van der Waals surface area contributed by atoms with Gasteiger partial charge in [-0.3, -0.25) is 9.59 Å². The van der Waals surface area contributed by atoms with E-state index in [1.807, 2.05) is 11.4 Å². The maximum absolute atomic E-state index is 11.9. The molecule has 1 aliphatic rings. The van der Waals surface area contributed by atoms with Crippen LogP contribution in [-0.4, -0.2) is 47.6 Å². The van der Waals surface area contributed by atoms with Crippen LogP contribution >= 0.6 is 11.3 Å². The van der Waals surface area contributed by atoms with E-state index in [1.165, 1.54) is 11.3 Å². The average molecular weight is 282 g/mol. The Morgan fingerprint density at radius 3 is 3.05 bits per heavy atom. The molecule has 0 aliphatic carbocycles. The van der Waals surface area contributed by atoms with Crippen LogP contribution in [0.25, 0.3) is 0 Å². The SMILES string of the molecule is O=C(NCCC(=O)N1CCC[C@@H]1CO)c1cccs1. The highest BCUT2D eigenvalue weighted by molar-refractivity contribution is 7.12. The van der Waals surface area contributed by atoms with E-state index in [9.17, 15) is 9.59 Å². The molecule has 0 bridgehead atoms. The van der Waals surface area contributed by atoms with Crippen molar-refractivity contribution in [3.05, 3.63) is 22.4 Å². The third-order valence-electron chi connectivity index (χ3n) is 3.28. The lowest BCUT2D eigenvalue weighted by Gasteiger charge is -2.23. The van der Waals surface area contributed by atoms with E-state index in [0.717, 1.165) is 12.8 Å². The number of nitrogens with zero attached hydrogens (tertiary/aromatic N) is 1. The zero-order valence-corrected chi connectivity index (χ0v) is 11.5. The van der Waals surface area contributed by atoms with Crippen LogP contribution in [0.15, 0.2) is 17.5 Å². The molecule has 1 aromatic rings. The van der Waals surface area contributed by atoms with Crippen LogP contribution in [0.2, 0.25) is 0 Å². The summed E-state index contributed by atoms with van der Waals surface area (Å²) in [6.07, 6.45) is 2.09. The fourth-order valence-electron chi connectivity index (χ4n) is 2.28. The number of rotatable bonds is 5. The van der Waals surface area contributed by atoms with Gasteiger partial charge >= 0.3 is 0 Å². The summed E-state index contributed by atoms with van der Waals surface area (Å²) in [6, 6.07) is 3.53. The van der Waals surface area contributed by atoms with Crippen LogP contribution in [0, 0.1) is 0 Å². The molecule has 19 heavy (non-hydrogen) atoms. The molecule has 0 aromatic carbocycles. The molecule has 1 aliphatic heterocycles. The van der Waals surface area contributed by atoms with Gasteiger partial charge < -0.3 is 15.3 Å². The summed E-state index contributed by atoms with van der Waals surface area (Å²) in [7, 11) is 0. The lowest BCUT2D eigenvalue weighted by Crippen LogP contribution is -2.39. The van der Waals surface area contributed by atoms with Crippen molar-refractivity contribution in [1.82, 2.24) is 10.2 Å². The Hall–Kier alpha value is -1.40. The highest BCUT2D eigenvalue weighted by Crippen LogP contribution is 2.17. The van der Waals surface area contributed by atoms with Crippen molar-refractivity contribution in [2.45, 2.75) is 25.3 Å². The molecule has 2 rings (SSSR count). The zero-order chi connectivity index (χ0) is 13.7. The van der Waals surface area contributed by atoms with E-state index in [2.05, 4.69) is 5.32 Å². The molecule has 2 heterocycles. The second kappa shape index (κ2) is 6.68. The van der Waals surface area contributed by atoms with E-state index < -0.39 is 0 Å². The third kappa shape index (κ3) is 3.54. The van der Waals surface area contributed by atoms with Gasteiger partial charge in [-0.25, -0.2) is 0 Å². The first-order valence-electron chi connectivity index (χ1n) is 6.44. The van der Waals surface area contributed by atoms with Gasteiger partial charge in [-0.1, -0.05) is 6.07 Å². The highest BCUT2D eigenvalue weighted by Gasteiger charge is 2.27. The number of likely N-dealkylation sites (tertiary alicyclic amines) is 1. The molecule has 2 N–H and O–H groups in total. The summed E-state index contributed by atoms with van der Waals surface area (Å²) >= 11 is 1.38. The topological polar surface area (TPSA) is 69.6 Å². The van der Waals surface area contributed by atoms with Crippen LogP contribution in [0.3, 0.4) is 0 Å². The largest absolute Gasteiger partial charge is 0.394 e. The van der Waals surface area contributed by atoms with E-state index in [1.54, 1.807) is 11.0 Å². The average Bonchev–Trinajstić information content (AvgIpc) is 3.09. The zero-order valence-electron chi connectivity index (χ0n) is 10.7. The van der Waals surface area contributed by atoms with Gasteiger partial charge in [0.2, 0.25) is 5.91 Å². The number of hydrogen-bond acceptors (Lipinski definition) is 4. The Bertz CT molecular complexity index is 433. The minimum absolute atomic E-state index is 0.00281. The van der Waals surface area contributed by atoms with E-state index in [-0.39, 0.29) is 30.9 Å². The van der Waals surface area contributed by atoms with Crippen molar-refractivity contribution in [1.29, 1.82) is 0 Å². The number of aliphatic hydroxyl groups is 1. The number of carbonyl (C=O) groups is 2. The Kier molecular flexibility index (Phi) is 4.93. The lowest BCUT2D eigenvalue weighted by molar-refractivity contribution is -0.132. The lowest BCUT2D eigenvalue weighted by atomic mass is 10.2. The van der Waals surface area contributed by atoms with Crippen molar-refractivity contribution >= 4 is 23.2 Å². The normalized spacial score (nSPS) is 18.6. The van der Waals surface area contributed by atoms with Crippen molar-refractivity contribution < 1.29 is 14.7 Å². The van der Waals surface area contributed by atoms with Gasteiger partial charge in [0.25, 0.3) is 5.91 Å². The van der Waals surface area contributed by atoms with Crippen LogP contribution < -0.4 is 5.32 Å². The van der Waals surface area contributed by atoms with Gasteiger partial charge in [-0.15, -0.1) is 11.3 Å². The van der Waals surface area contributed by atoms with Gasteiger partial charge in [-0.05, 0) is 24.3 Å². The first-order valence-corrected chi connectivity index (χ1v) is 7.32. The second-order valence-corrected chi connectivity index (χ2v) is 5.50. The van der Waals surface area contributed by atoms with Crippen LogP contribution in [0.1, 0.15) is 28.9 Å². The number of thiophene rings is 1. The predicted molar refractivity (Wildman–Crippen MR) is 73.1 cm³/mol. The van der Waals surface area contributed by atoms with Crippen LogP contribution in [0.4, 0.5) is 0 Å². The first kappa shape index (κ1) is 14.0. The van der Waals surface area contributed by atoms with Gasteiger partial charge in [0.1, 0.15) is 0 Å². The third-order valence-corrected chi connectivity index (χ3v) is 4.15. The van der Waals surface area contributed by atoms with E-state index in [4.69, 9.17) is 5.11 Å². The number of carbonyl (C=O) groups excluding carboxylic acids is 2. The maximum atomic E-state index is 11.9. The van der Waals surface area contributed by atoms with Crippen LogP contribution in [0.5, 0.6) is 0 Å². The molecule has 2 amide bonds. The quantitative estimate of drug-likeness (QED) is 0.841. The van der Waals surface area contributed by atoms with Crippen molar-refractivity contribution in [3.8, 4) is 0 Å². The Morgan fingerprint density at radius 2 is 2.37 bits per heavy atom. The summed E-state index contributed by atoms with van der Waals surface area (Å²) in [4.78, 5) is 26.0. The Balaban J connectivity index is 1.73. The fraction of sp³-hybridized carbons (Fsp3) is 0.538. The van der Waals surface area contributed by atoms with Gasteiger partial charge in [0, 0.05) is 19.5 Å². The summed E-state index contributed by atoms with van der Waals surface area (Å²) in [6.45, 7) is 1.07. The first-order chi connectivity index (χ1) is 9.22. The molecule has 1 fully saturated rings. The minimum Gasteiger partial charge on any atom is -0.394 e. The summed E-state index contributed by atoms with van der Waals surface area (Å²) < 4.78 is 0. The van der Waals surface area contributed by atoms with Gasteiger partial charge in [0.05, 0.1) is 17.5 Å². The van der Waals surface area contributed by atoms with E-state index in [0.29, 0.717) is 18.0 Å². The molecule has 1 saturated heterocycles. The molecule has 0 radical (unpaired) electrons. The molecule has 1 aromatic heterocycles. The maximum Gasteiger partial charge on any atom is 0.261 e. The Labute approximate surface area is 116 Å². The summed E-state index contributed by atoms with van der Waals surface area (Å²) in [5.74, 6) is -0.133. The molecule has 5 nitrogen and oxygen atoms in total. The fourth-order valence-corrected chi connectivity index (χ4v) is 2.92. The second-order valence-electron chi connectivity index (χ2n) is 4.55. The van der Waals surface area contributed by atoms with Crippen molar-refractivity contribution in [2.75, 3.05) is 19.7 Å². The van der Waals surface area contributed by atoms with Gasteiger partial charge in [0.15, 0.2) is 0 Å². The molecule has 1 atom stereocenters. The Morgan fingerprint density at radius 1 is 1.53 bits per heavy atom. The van der Waals surface area contributed by atoms with E-state index >= 15 is 0 Å². The smallest absolute Gasteiger partial charge is 0.261 e. The molecular weight excluding hydrogens is 264 g/mol. The van der Waals surface area contributed by atoms with Crippen LogP contribution in [-0.2, 0) is 4.79 Å². The minimum atomic E-state index is -0.136. The predicted octanol–water partition coefficient (Wildman–Crippen LogP) is 0.851. The number of hydrogen-bond donors (Lipinski definition) is 2. The number of nitrogens with one attached hydrogen (secondary N) is 1. The van der Waals surface area contributed by atoms with Gasteiger partial charge in [-0.2, -0.15) is 0 Å².